The van der Waals surface area contributed by atoms with E-state index >= 15 is 0 Å². The number of anilines is 1. The summed E-state index contributed by atoms with van der Waals surface area (Å²) in [6.07, 6.45) is -3.54. The van der Waals surface area contributed by atoms with Crippen molar-refractivity contribution in [3.05, 3.63) is 29.8 Å². The minimum absolute atomic E-state index is 0.0411. The van der Waals surface area contributed by atoms with Crippen molar-refractivity contribution in [3.63, 3.8) is 0 Å². The van der Waals surface area contributed by atoms with Crippen LogP contribution in [0.25, 0.3) is 0 Å². The summed E-state index contributed by atoms with van der Waals surface area (Å²) in [5, 5.41) is 2.78. The van der Waals surface area contributed by atoms with Crippen LogP contribution in [0.1, 0.15) is 39.2 Å². The van der Waals surface area contributed by atoms with Gasteiger partial charge in [-0.1, -0.05) is 6.92 Å². The molecule has 0 bridgehead atoms. The fraction of sp³-hybridized carbons (Fsp3) is 0.500. The first-order valence-electron chi connectivity index (χ1n) is 7.39. The molecule has 1 N–H and O–H groups in total. The lowest BCUT2D eigenvalue weighted by Gasteiger charge is -2.22. The summed E-state index contributed by atoms with van der Waals surface area (Å²) >= 11 is 0. The molecule has 1 atom stereocenters. The monoisotopic (exact) mass is 330 g/mol. The molecule has 0 saturated carbocycles. The maximum absolute atomic E-state index is 12.6. The maximum atomic E-state index is 12.6. The topological polar surface area (TPSA) is 49.4 Å². The lowest BCUT2D eigenvalue weighted by atomic mass is 10.2. The molecule has 0 radical (unpaired) electrons. The van der Waals surface area contributed by atoms with Gasteiger partial charge >= 0.3 is 6.18 Å². The Morgan fingerprint density at radius 3 is 2.22 bits per heavy atom. The zero-order valence-corrected chi connectivity index (χ0v) is 13.4. The van der Waals surface area contributed by atoms with Crippen LogP contribution in [0.5, 0.6) is 0 Å². The fourth-order valence-electron chi connectivity index (χ4n) is 1.96. The molecule has 23 heavy (non-hydrogen) atoms. The second-order valence-corrected chi connectivity index (χ2v) is 5.34. The first-order chi connectivity index (χ1) is 10.6. The number of nitrogens with zero attached hydrogens (tertiary/aromatic N) is 1. The van der Waals surface area contributed by atoms with Crippen LogP contribution >= 0.6 is 0 Å². The molecule has 0 aliphatic heterocycles. The van der Waals surface area contributed by atoms with Crippen molar-refractivity contribution in [1.29, 1.82) is 0 Å². The number of hydrogen-bond donors (Lipinski definition) is 1. The predicted octanol–water partition coefficient (Wildman–Crippen LogP) is 3.36. The molecule has 0 fully saturated rings. The lowest BCUT2D eigenvalue weighted by molar-refractivity contribution is -0.137. The van der Waals surface area contributed by atoms with Gasteiger partial charge in [0.1, 0.15) is 0 Å². The lowest BCUT2D eigenvalue weighted by Crippen LogP contribution is -2.36. The van der Waals surface area contributed by atoms with Crippen molar-refractivity contribution in [1.82, 2.24) is 5.32 Å². The standard InChI is InChI=1S/C16H21F3N2O2/c1-4-11(2)20-15(23)9-10-21(12(3)22)14-7-5-13(6-8-14)16(17,18)19/h5-8,11H,4,9-10H2,1-3H3,(H,20,23). The van der Waals surface area contributed by atoms with E-state index in [9.17, 15) is 22.8 Å². The van der Waals surface area contributed by atoms with Crippen LogP contribution in [0.2, 0.25) is 0 Å². The summed E-state index contributed by atoms with van der Waals surface area (Å²) in [6.45, 7) is 5.23. The third-order valence-electron chi connectivity index (χ3n) is 3.47. The van der Waals surface area contributed by atoms with Gasteiger partial charge in [-0.15, -0.1) is 0 Å². The summed E-state index contributed by atoms with van der Waals surface area (Å²) in [4.78, 5) is 24.7. The average molecular weight is 330 g/mol. The molecule has 0 aliphatic carbocycles. The van der Waals surface area contributed by atoms with E-state index in [4.69, 9.17) is 0 Å². The quantitative estimate of drug-likeness (QED) is 0.869. The smallest absolute Gasteiger partial charge is 0.354 e. The number of alkyl halides is 3. The normalized spacial score (nSPS) is 12.6. The van der Waals surface area contributed by atoms with Gasteiger partial charge in [0.05, 0.1) is 5.56 Å². The summed E-state index contributed by atoms with van der Waals surface area (Å²) in [5.74, 6) is -0.529. The first kappa shape index (κ1) is 19.0. The van der Waals surface area contributed by atoms with Gasteiger partial charge in [-0.05, 0) is 37.6 Å². The summed E-state index contributed by atoms with van der Waals surface area (Å²) < 4.78 is 37.7. The van der Waals surface area contributed by atoms with Crippen molar-refractivity contribution in [2.75, 3.05) is 11.4 Å². The minimum atomic E-state index is -4.42. The molecule has 2 amide bonds. The highest BCUT2D eigenvalue weighted by molar-refractivity contribution is 5.92. The van der Waals surface area contributed by atoms with Gasteiger partial charge in [-0.2, -0.15) is 13.2 Å². The number of hydrogen-bond acceptors (Lipinski definition) is 2. The molecule has 0 saturated heterocycles. The second kappa shape index (κ2) is 7.99. The largest absolute Gasteiger partial charge is 0.416 e. The van der Waals surface area contributed by atoms with Gasteiger partial charge < -0.3 is 10.2 Å². The van der Waals surface area contributed by atoms with Crippen LogP contribution in [-0.2, 0) is 15.8 Å². The molecule has 0 heterocycles. The minimum Gasteiger partial charge on any atom is -0.354 e. The van der Waals surface area contributed by atoms with E-state index in [0.29, 0.717) is 5.69 Å². The van der Waals surface area contributed by atoms with Crippen molar-refractivity contribution in [3.8, 4) is 0 Å². The van der Waals surface area contributed by atoms with Crippen LogP contribution < -0.4 is 10.2 Å². The molecule has 0 aliphatic rings. The molecular weight excluding hydrogens is 309 g/mol. The highest BCUT2D eigenvalue weighted by atomic mass is 19.4. The molecule has 7 heteroatoms. The molecule has 0 spiro atoms. The van der Waals surface area contributed by atoms with Gasteiger partial charge in [-0.25, -0.2) is 0 Å². The van der Waals surface area contributed by atoms with E-state index in [-0.39, 0.29) is 30.8 Å². The van der Waals surface area contributed by atoms with Gasteiger partial charge in [0.15, 0.2) is 0 Å². The van der Waals surface area contributed by atoms with Crippen LogP contribution in [0.4, 0.5) is 18.9 Å². The van der Waals surface area contributed by atoms with E-state index < -0.39 is 11.7 Å². The Morgan fingerprint density at radius 1 is 1.22 bits per heavy atom. The number of benzene rings is 1. The number of carbonyl (C=O) groups is 2. The predicted molar refractivity (Wildman–Crippen MR) is 82.0 cm³/mol. The van der Waals surface area contributed by atoms with E-state index in [2.05, 4.69) is 5.32 Å². The van der Waals surface area contributed by atoms with E-state index in [1.807, 2.05) is 13.8 Å². The number of nitrogens with one attached hydrogen (secondary N) is 1. The zero-order chi connectivity index (χ0) is 17.6. The van der Waals surface area contributed by atoms with Gasteiger partial charge in [-0.3, -0.25) is 9.59 Å². The Kier molecular flexibility index (Phi) is 6.60. The Labute approximate surface area is 133 Å². The fourth-order valence-corrected chi connectivity index (χ4v) is 1.96. The van der Waals surface area contributed by atoms with Crippen LogP contribution in [0, 0.1) is 0 Å². The third kappa shape index (κ3) is 5.92. The Hall–Kier alpha value is -2.05. The van der Waals surface area contributed by atoms with E-state index in [1.54, 1.807) is 0 Å². The summed E-state index contributed by atoms with van der Waals surface area (Å²) in [5.41, 5.74) is -0.443. The van der Waals surface area contributed by atoms with Crippen molar-refractivity contribution < 1.29 is 22.8 Å². The Morgan fingerprint density at radius 2 is 1.78 bits per heavy atom. The van der Waals surface area contributed by atoms with Gasteiger partial charge in [0.2, 0.25) is 11.8 Å². The molecule has 4 nitrogen and oxygen atoms in total. The number of rotatable bonds is 6. The Bertz CT molecular complexity index is 541. The van der Waals surface area contributed by atoms with E-state index in [1.165, 1.54) is 24.0 Å². The third-order valence-corrected chi connectivity index (χ3v) is 3.47. The average Bonchev–Trinajstić information content (AvgIpc) is 2.46. The summed E-state index contributed by atoms with van der Waals surface area (Å²) in [6, 6.07) is 4.35. The molecule has 1 aromatic carbocycles. The Balaban J connectivity index is 2.76. The molecule has 1 unspecified atom stereocenters. The molecule has 1 aromatic rings. The van der Waals surface area contributed by atoms with Crippen LogP contribution in [0.3, 0.4) is 0 Å². The van der Waals surface area contributed by atoms with Gasteiger partial charge in [0, 0.05) is 31.6 Å². The second-order valence-electron chi connectivity index (χ2n) is 5.34. The number of carbonyl (C=O) groups excluding carboxylic acids is 2. The van der Waals surface area contributed by atoms with Crippen molar-refractivity contribution in [2.45, 2.75) is 45.8 Å². The van der Waals surface area contributed by atoms with Crippen molar-refractivity contribution >= 4 is 17.5 Å². The number of halogens is 3. The van der Waals surface area contributed by atoms with Gasteiger partial charge in [0.25, 0.3) is 0 Å². The molecular formula is C16H21F3N2O2. The molecule has 1 rings (SSSR count). The highest BCUT2D eigenvalue weighted by Gasteiger charge is 2.30. The first-order valence-corrected chi connectivity index (χ1v) is 7.39. The van der Waals surface area contributed by atoms with Crippen LogP contribution in [0.15, 0.2) is 24.3 Å². The summed E-state index contributed by atoms with van der Waals surface area (Å²) in [7, 11) is 0. The van der Waals surface area contributed by atoms with E-state index in [0.717, 1.165) is 18.6 Å². The van der Waals surface area contributed by atoms with Crippen LogP contribution in [-0.4, -0.2) is 24.4 Å². The SMILES string of the molecule is CCC(C)NC(=O)CCN(C(C)=O)c1ccc(C(F)(F)F)cc1. The molecule has 0 aromatic heterocycles. The maximum Gasteiger partial charge on any atom is 0.416 e. The van der Waals surface area contributed by atoms with Crippen molar-refractivity contribution in [2.24, 2.45) is 0 Å². The highest BCUT2D eigenvalue weighted by Crippen LogP contribution is 2.30. The number of amides is 2. The zero-order valence-electron chi connectivity index (χ0n) is 13.4. The molecule has 128 valence electrons.